The van der Waals surface area contributed by atoms with Crippen LogP contribution in [0.25, 0.3) is 0 Å². The highest BCUT2D eigenvalue weighted by atomic mass is 14.9. The molecule has 1 aromatic rings. The highest BCUT2D eigenvalue weighted by molar-refractivity contribution is 5.10. The van der Waals surface area contributed by atoms with Gasteiger partial charge < -0.3 is 5.73 Å². The van der Waals surface area contributed by atoms with E-state index < -0.39 is 0 Å². The molecule has 0 bridgehead atoms. The van der Waals surface area contributed by atoms with Gasteiger partial charge in [-0.2, -0.15) is 0 Å². The largest absolute Gasteiger partial charge is 0.323 e. The summed E-state index contributed by atoms with van der Waals surface area (Å²) in [5.74, 6) is 0. The minimum atomic E-state index is 0.00306. The maximum Gasteiger partial charge on any atom is 0.115 e. The first-order valence-electron chi connectivity index (χ1n) is 3.80. The Kier molecular flexibility index (Phi) is 2.54. The molecule has 0 saturated carbocycles. The quantitative estimate of drug-likeness (QED) is 0.687. The summed E-state index contributed by atoms with van der Waals surface area (Å²) in [6.45, 7) is 3.98. The van der Waals surface area contributed by atoms with Crippen LogP contribution in [0.3, 0.4) is 0 Å². The van der Waals surface area contributed by atoms with Gasteiger partial charge in [-0.1, -0.05) is 6.92 Å². The molecule has 3 heteroatoms. The lowest BCUT2D eigenvalue weighted by atomic mass is 10.2. The minimum absolute atomic E-state index is 0.00306. The zero-order valence-electron chi connectivity index (χ0n) is 6.91. The van der Waals surface area contributed by atoms with E-state index in [2.05, 4.69) is 16.9 Å². The highest BCUT2D eigenvalue weighted by Crippen LogP contribution is 2.05. The van der Waals surface area contributed by atoms with E-state index >= 15 is 0 Å². The van der Waals surface area contributed by atoms with Crippen molar-refractivity contribution >= 4 is 0 Å². The van der Waals surface area contributed by atoms with Crippen LogP contribution >= 0.6 is 0 Å². The number of aryl methyl sites for hydroxylation is 1. The van der Waals surface area contributed by atoms with Gasteiger partial charge in [-0.3, -0.25) is 0 Å². The van der Waals surface area contributed by atoms with Gasteiger partial charge in [0.25, 0.3) is 0 Å². The molecular weight excluding hydrogens is 138 g/mol. The first kappa shape index (κ1) is 8.14. The summed E-state index contributed by atoms with van der Waals surface area (Å²) >= 11 is 0. The minimum Gasteiger partial charge on any atom is -0.323 e. The third-order valence-electron chi connectivity index (χ3n) is 1.57. The third-order valence-corrected chi connectivity index (χ3v) is 1.57. The van der Waals surface area contributed by atoms with Gasteiger partial charge in [-0.15, -0.1) is 0 Å². The predicted octanol–water partition coefficient (Wildman–Crippen LogP) is 1.06. The Morgan fingerprint density at radius 3 is 2.82 bits per heavy atom. The Labute approximate surface area is 66.7 Å². The Morgan fingerprint density at radius 1 is 1.55 bits per heavy atom. The van der Waals surface area contributed by atoms with E-state index in [1.54, 1.807) is 6.33 Å². The van der Waals surface area contributed by atoms with Crippen LogP contribution in [0.4, 0.5) is 0 Å². The highest BCUT2D eigenvalue weighted by Gasteiger charge is 2.00. The molecule has 0 radical (unpaired) electrons. The van der Waals surface area contributed by atoms with E-state index in [0.29, 0.717) is 0 Å². The molecule has 11 heavy (non-hydrogen) atoms. The SMILES string of the molecule is CCc1cc(C(C)N)ncn1. The summed E-state index contributed by atoms with van der Waals surface area (Å²) in [5.41, 5.74) is 7.61. The van der Waals surface area contributed by atoms with Crippen molar-refractivity contribution in [1.29, 1.82) is 0 Å². The van der Waals surface area contributed by atoms with Crippen molar-refractivity contribution in [2.45, 2.75) is 26.3 Å². The van der Waals surface area contributed by atoms with Gasteiger partial charge in [0.1, 0.15) is 6.33 Å². The van der Waals surface area contributed by atoms with Gasteiger partial charge in [0.15, 0.2) is 0 Å². The molecule has 0 aromatic carbocycles. The fourth-order valence-electron chi connectivity index (χ4n) is 0.857. The normalized spacial score (nSPS) is 13.0. The summed E-state index contributed by atoms with van der Waals surface area (Å²) in [7, 11) is 0. The molecule has 0 fully saturated rings. The molecule has 0 spiro atoms. The summed E-state index contributed by atoms with van der Waals surface area (Å²) in [6.07, 6.45) is 2.50. The topological polar surface area (TPSA) is 51.8 Å². The molecule has 1 rings (SSSR count). The lowest BCUT2D eigenvalue weighted by Crippen LogP contribution is -2.08. The molecule has 1 unspecified atom stereocenters. The van der Waals surface area contributed by atoms with E-state index in [0.717, 1.165) is 17.8 Å². The van der Waals surface area contributed by atoms with Crippen molar-refractivity contribution in [3.05, 3.63) is 23.8 Å². The second-order valence-electron chi connectivity index (χ2n) is 2.58. The van der Waals surface area contributed by atoms with E-state index in [4.69, 9.17) is 5.73 Å². The standard InChI is InChI=1S/C8H13N3/c1-3-7-4-8(6(2)9)11-5-10-7/h4-6H,3,9H2,1-2H3. The number of hydrogen-bond donors (Lipinski definition) is 1. The van der Waals surface area contributed by atoms with Gasteiger partial charge in [0.2, 0.25) is 0 Å². The number of hydrogen-bond acceptors (Lipinski definition) is 3. The maximum atomic E-state index is 5.65. The van der Waals surface area contributed by atoms with Gasteiger partial charge in [-0.05, 0) is 19.4 Å². The van der Waals surface area contributed by atoms with Gasteiger partial charge in [-0.25, -0.2) is 9.97 Å². The molecule has 3 nitrogen and oxygen atoms in total. The summed E-state index contributed by atoms with van der Waals surface area (Å²) in [4.78, 5) is 8.12. The molecule has 0 amide bonds. The summed E-state index contributed by atoms with van der Waals surface area (Å²) < 4.78 is 0. The van der Waals surface area contributed by atoms with Gasteiger partial charge in [0, 0.05) is 11.7 Å². The van der Waals surface area contributed by atoms with Crippen molar-refractivity contribution in [2.75, 3.05) is 0 Å². The van der Waals surface area contributed by atoms with Crippen molar-refractivity contribution in [3.8, 4) is 0 Å². The molecular formula is C8H13N3. The molecule has 0 aliphatic carbocycles. The van der Waals surface area contributed by atoms with Crippen molar-refractivity contribution < 1.29 is 0 Å². The van der Waals surface area contributed by atoms with E-state index in [1.165, 1.54) is 0 Å². The van der Waals surface area contributed by atoms with Crippen LogP contribution in [-0.4, -0.2) is 9.97 Å². The maximum absolute atomic E-state index is 5.65. The van der Waals surface area contributed by atoms with Crippen LogP contribution < -0.4 is 5.73 Å². The van der Waals surface area contributed by atoms with Crippen LogP contribution in [0.5, 0.6) is 0 Å². The monoisotopic (exact) mass is 151 g/mol. The lowest BCUT2D eigenvalue weighted by molar-refractivity contribution is 0.766. The first-order valence-corrected chi connectivity index (χ1v) is 3.80. The predicted molar refractivity (Wildman–Crippen MR) is 44.0 cm³/mol. The smallest absolute Gasteiger partial charge is 0.115 e. The van der Waals surface area contributed by atoms with Crippen molar-refractivity contribution in [1.82, 2.24) is 9.97 Å². The zero-order chi connectivity index (χ0) is 8.27. The number of rotatable bonds is 2. The van der Waals surface area contributed by atoms with Gasteiger partial charge in [0.05, 0.1) is 5.69 Å². The number of nitrogens with two attached hydrogens (primary N) is 1. The fourth-order valence-corrected chi connectivity index (χ4v) is 0.857. The Hall–Kier alpha value is -0.960. The Balaban J connectivity index is 2.91. The molecule has 0 saturated heterocycles. The van der Waals surface area contributed by atoms with Crippen LogP contribution in [0.2, 0.25) is 0 Å². The van der Waals surface area contributed by atoms with Crippen molar-refractivity contribution in [3.63, 3.8) is 0 Å². The molecule has 0 aliphatic rings. The molecule has 1 aromatic heterocycles. The number of nitrogens with zero attached hydrogens (tertiary/aromatic N) is 2. The lowest BCUT2D eigenvalue weighted by Gasteiger charge is -2.04. The summed E-state index contributed by atoms with van der Waals surface area (Å²) in [5, 5.41) is 0. The van der Waals surface area contributed by atoms with Crippen LogP contribution in [0, 0.1) is 0 Å². The molecule has 1 atom stereocenters. The van der Waals surface area contributed by atoms with Gasteiger partial charge >= 0.3 is 0 Å². The number of aromatic nitrogens is 2. The van der Waals surface area contributed by atoms with E-state index in [-0.39, 0.29) is 6.04 Å². The molecule has 60 valence electrons. The second-order valence-corrected chi connectivity index (χ2v) is 2.58. The summed E-state index contributed by atoms with van der Waals surface area (Å²) in [6, 6.07) is 1.95. The van der Waals surface area contributed by atoms with Crippen LogP contribution in [0.15, 0.2) is 12.4 Å². The fraction of sp³-hybridized carbons (Fsp3) is 0.500. The zero-order valence-corrected chi connectivity index (χ0v) is 6.91. The third kappa shape index (κ3) is 1.98. The van der Waals surface area contributed by atoms with E-state index in [9.17, 15) is 0 Å². The van der Waals surface area contributed by atoms with Crippen LogP contribution in [0.1, 0.15) is 31.3 Å². The molecule has 2 N–H and O–H groups in total. The van der Waals surface area contributed by atoms with Crippen molar-refractivity contribution in [2.24, 2.45) is 5.73 Å². The van der Waals surface area contributed by atoms with E-state index in [1.807, 2.05) is 13.0 Å². The Bertz CT molecular complexity index is 233. The Morgan fingerprint density at radius 2 is 2.27 bits per heavy atom. The first-order chi connectivity index (χ1) is 5.24. The average molecular weight is 151 g/mol. The molecule has 1 heterocycles. The molecule has 0 aliphatic heterocycles. The average Bonchev–Trinajstić information content (AvgIpc) is 2.05. The second kappa shape index (κ2) is 3.44. The van der Waals surface area contributed by atoms with Crippen LogP contribution in [-0.2, 0) is 6.42 Å².